The van der Waals surface area contributed by atoms with Crippen molar-refractivity contribution < 1.29 is 34.1 Å². The summed E-state index contributed by atoms with van der Waals surface area (Å²) in [7, 11) is 0. The van der Waals surface area contributed by atoms with Crippen molar-refractivity contribution in [2.75, 3.05) is 6.61 Å². The number of aliphatic hydroxyl groups excluding tert-OH is 2. The molecule has 1 spiro atoms. The molecule has 0 aromatic heterocycles. The molecular weight excluding hydrogens is 340 g/mol. The van der Waals surface area contributed by atoms with Gasteiger partial charge < -0.3 is 19.7 Å². The zero-order chi connectivity index (χ0) is 18.8. The van der Waals surface area contributed by atoms with Gasteiger partial charge in [0.05, 0.1) is 18.1 Å². The summed E-state index contributed by atoms with van der Waals surface area (Å²) in [6.45, 7) is 5.24. The molecule has 0 aromatic rings. The first-order valence-corrected chi connectivity index (χ1v) is 9.06. The molecule has 2 heterocycles. The van der Waals surface area contributed by atoms with Crippen LogP contribution in [0, 0.1) is 28.6 Å². The predicted octanol–water partition coefficient (Wildman–Crippen LogP) is -0.221. The summed E-state index contributed by atoms with van der Waals surface area (Å²) in [5.74, 6) is -3.08. The minimum atomic E-state index is -1.35. The average Bonchev–Trinajstić information content (AvgIpc) is 2.94. The SMILES string of the molecule is CC1=CC(=O)[C@@H](O)[C@@]2(C)[C@H]1CC(=O)[C@@]13CO[C@@]4(C)[C@@H](OC(=O)[C@@H]41)[C@H](O)[C@@H]32. The monoisotopic (exact) mass is 362 g/mol. The number of carbonyl (C=O) groups excluding carboxylic acids is 3. The molecule has 0 aromatic carbocycles. The van der Waals surface area contributed by atoms with Gasteiger partial charge in [-0.25, -0.2) is 0 Å². The maximum Gasteiger partial charge on any atom is 0.313 e. The number of ketones is 2. The van der Waals surface area contributed by atoms with Crippen LogP contribution in [0.5, 0.6) is 0 Å². The quantitative estimate of drug-likeness (QED) is 0.573. The smallest absolute Gasteiger partial charge is 0.313 e. The predicted molar refractivity (Wildman–Crippen MR) is 85.6 cm³/mol. The number of allylic oxidation sites excluding steroid dienone is 1. The number of rotatable bonds is 0. The Labute approximate surface area is 150 Å². The van der Waals surface area contributed by atoms with Gasteiger partial charge in [-0.05, 0) is 25.8 Å². The topological polar surface area (TPSA) is 110 Å². The molecule has 2 saturated carbocycles. The molecule has 4 fully saturated rings. The summed E-state index contributed by atoms with van der Waals surface area (Å²) in [6.07, 6.45) is -1.93. The van der Waals surface area contributed by atoms with Crippen molar-refractivity contribution in [2.24, 2.45) is 28.6 Å². The largest absolute Gasteiger partial charge is 0.456 e. The lowest BCUT2D eigenvalue weighted by Gasteiger charge is -2.61. The van der Waals surface area contributed by atoms with Crippen LogP contribution in [0.2, 0.25) is 0 Å². The summed E-state index contributed by atoms with van der Waals surface area (Å²) in [5, 5.41) is 22.1. The lowest BCUT2D eigenvalue weighted by molar-refractivity contribution is -0.204. The molecule has 0 amide bonds. The van der Waals surface area contributed by atoms with Crippen molar-refractivity contribution in [1.82, 2.24) is 0 Å². The number of Topliss-reactive ketones (excluding diaryl/α,β-unsaturated/α-hetero) is 1. The van der Waals surface area contributed by atoms with Gasteiger partial charge >= 0.3 is 5.97 Å². The zero-order valence-electron chi connectivity index (χ0n) is 14.9. The third-order valence-corrected chi connectivity index (χ3v) is 8.07. The normalized spacial score (nSPS) is 57.4. The van der Waals surface area contributed by atoms with Gasteiger partial charge in [-0.1, -0.05) is 12.5 Å². The van der Waals surface area contributed by atoms with Crippen LogP contribution < -0.4 is 0 Å². The zero-order valence-corrected chi connectivity index (χ0v) is 14.9. The second-order valence-corrected chi connectivity index (χ2v) is 9.01. The van der Waals surface area contributed by atoms with Crippen molar-refractivity contribution >= 4 is 17.5 Å². The van der Waals surface area contributed by atoms with Gasteiger partial charge in [0.2, 0.25) is 0 Å². The van der Waals surface area contributed by atoms with Gasteiger partial charge in [-0.3, -0.25) is 14.4 Å². The van der Waals surface area contributed by atoms with E-state index in [0.29, 0.717) is 0 Å². The van der Waals surface area contributed by atoms with E-state index < -0.39 is 58.3 Å². The molecule has 0 radical (unpaired) electrons. The summed E-state index contributed by atoms with van der Waals surface area (Å²) >= 11 is 0. The molecule has 7 heteroatoms. The maximum atomic E-state index is 13.4. The van der Waals surface area contributed by atoms with Gasteiger partial charge in [0.15, 0.2) is 11.9 Å². The van der Waals surface area contributed by atoms with Crippen molar-refractivity contribution in [3.05, 3.63) is 11.6 Å². The van der Waals surface area contributed by atoms with Gasteiger partial charge in [-0.2, -0.15) is 0 Å². The average molecular weight is 362 g/mol. The molecule has 2 aliphatic heterocycles. The summed E-state index contributed by atoms with van der Waals surface area (Å²) in [6, 6.07) is 0. The van der Waals surface area contributed by atoms with Crippen molar-refractivity contribution in [1.29, 1.82) is 0 Å². The van der Waals surface area contributed by atoms with Crippen LogP contribution in [0.1, 0.15) is 27.2 Å². The van der Waals surface area contributed by atoms with Gasteiger partial charge in [0.1, 0.15) is 23.4 Å². The summed E-state index contributed by atoms with van der Waals surface area (Å²) in [5.41, 5.74) is -2.66. The van der Waals surface area contributed by atoms with Crippen LogP contribution in [0.3, 0.4) is 0 Å². The highest BCUT2D eigenvalue weighted by Crippen LogP contribution is 2.70. The molecule has 3 aliphatic carbocycles. The number of hydrogen-bond acceptors (Lipinski definition) is 7. The Kier molecular flexibility index (Phi) is 2.84. The van der Waals surface area contributed by atoms with E-state index in [1.165, 1.54) is 6.08 Å². The Bertz CT molecular complexity index is 802. The van der Waals surface area contributed by atoms with E-state index in [-0.39, 0.29) is 24.7 Å². The molecule has 0 unspecified atom stereocenters. The van der Waals surface area contributed by atoms with Crippen LogP contribution in [0.15, 0.2) is 11.6 Å². The van der Waals surface area contributed by atoms with Gasteiger partial charge in [0.25, 0.3) is 0 Å². The molecule has 5 rings (SSSR count). The highest BCUT2D eigenvalue weighted by molar-refractivity contribution is 5.99. The Hall–Kier alpha value is -1.57. The van der Waals surface area contributed by atoms with Crippen LogP contribution in [-0.4, -0.2) is 58.3 Å². The van der Waals surface area contributed by atoms with Gasteiger partial charge in [0, 0.05) is 17.8 Å². The molecule has 2 saturated heterocycles. The Balaban J connectivity index is 1.78. The summed E-state index contributed by atoms with van der Waals surface area (Å²) < 4.78 is 11.4. The first-order valence-electron chi connectivity index (χ1n) is 9.06. The molecule has 2 N–H and O–H groups in total. The second kappa shape index (κ2) is 4.46. The minimum absolute atomic E-state index is 0.00626. The van der Waals surface area contributed by atoms with Crippen molar-refractivity contribution in [3.8, 4) is 0 Å². The van der Waals surface area contributed by atoms with Crippen LogP contribution in [0.4, 0.5) is 0 Å². The number of fused-ring (bicyclic) bond motifs is 2. The third-order valence-electron chi connectivity index (χ3n) is 8.07. The third kappa shape index (κ3) is 1.41. The first-order chi connectivity index (χ1) is 12.1. The highest BCUT2D eigenvalue weighted by atomic mass is 16.6. The molecule has 26 heavy (non-hydrogen) atoms. The van der Waals surface area contributed by atoms with E-state index in [9.17, 15) is 24.6 Å². The number of esters is 1. The summed E-state index contributed by atoms with van der Waals surface area (Å²) in [4.78, 5) is 38.4. The second-order valence-electron chi connectivity index (χ2n) is 9.01. The van der Waals surface area contributed by atoms with E-state index in [0.717, 1.165) is 5.57 Å². The van der Waals surface area contributed by atoms with Crippen LogP contribution in [0.25, 0.3) is 0 Å². The molecule has 140 valence electrons. The Morgan fingerprint density at radius 1 is 1.19 bits per heavy atom. The lowest BCUT2D eigenvalue weighted by atomic mass is 9.40. The Morgan fingerprint density at radius 2 is 1.88 bits per heavy atom. The minimum Gasteiger partial charge on any atom is -0.456 e. The standard InChI is InChI=1S/C19H22O7/c1-7-4-9(20)14(23)17(2)8(7)5-10(21)19-6-25-18(3)13(19)16(24)26-15(18)11(22)12(17)19/h4,8,11-15,22-23H,5-6H2,1-3H3/t8-,11+,12+,13-,14+,15-,17-,18+,19+/m0/s1. The first kappa shape index (κ1) is 16.6. The molecule has 5 aliphatic rings. The number of hydrogen-bond donors (Lipinski definition) is 2. The fourth-order valence-corrected chi connectivity index (χ4v) is 6.98. The number of aliphatic hydroxyl groups is 2. The number of carbonyl (C=O) groups is 3. The van der Waals surface area contributed by atoms with E-state index in [4.69, 9.17) is 9.47 Å². The molecular formula is C19H22O7. The number of ether oxygens (including phenoxy) is 2. The molecule has 4 bridgehead atoms. The van der Waals surface area contributed by atoms with Crippen molar-refractivity contribution in [3.63, 3.8) is 0 Å². The lowest BCUT2D eigenvalue weighted by Crippen LogP contribution is -2.72. The maximum absolute atomic E-state index is 13.4. The van der Waals surface area contributed by atoms with E-state index in [2.05, 4.69) is 0 Å². The van der Waals surface area contributed by atoms with Crippen LogP contribution >= 0.6 is 0 Å². The fraction of sp³-hybridized carbons (Fsp3) is 0.737. The van der Waals surface area contributed by atoms with Crippen LogP contribution in [-0.2, 0) is 23.9 Å². The van der Waals surface area contributed by atoms with E-state index in [1.54, 1.807) is 20.8 Å². The molecule has 7 nitrogen and oxygen atoms in total. The van der Waals surface area contributed by atoms with Crippen molar-refractivity contribution in [2.45, 2.75) is 51.1 Å². The molecule has 9 atom stereocenters. The van der Waals surface area contributed by atoms with Gasteiger partial charge in [-0.15, -0.1) is 0 Å². The van der Waals surface area contributed by atoms with E-state index in [1.807, 2.05) is 0 Å². The highest BCUT2D eigenvalue weighted by Gasteiger charge is 2.83. The fourth-order valence-electron chi connectivity index (χ4n) is 6.98. The van der Waals surface area contributed by atoms with E-state index >= 15 is 0 Å². The Morgan fingerprint density at radius 3 is 2.58 bits per heavy atom.